The van der Waals surface area contributed by atoms with E-state index in [9.17, 15) is 4.39 Å². The van der Waals surface area contributed by atoms with E-state index in [1.165, 1.54) is 6.07 Å². The van der Waals surface area contributed by atoms with Gasteiger partial charge in [-0.1, -0.05) is 13.8 Å². The Hall–Kier alpha value is -1.98. The van der Waals surface area contributed by atoms with Crippen molar-refractivity contribution in [2.45, 2.75) is 26.8 Å². The summed E-state index contributed by atoms with van der Waals surface area (Å²) in [6, 6.07) is 4.60. The zero-order valence-corrected chi connectivity index (χ0v) is 10.6. The molecular weight excluding hydrogens is 233 g/mol. The minimum absolute atomic E-state index is 0.0898. The van der Waals surface area contributed by atoms with Crippen molar-refractivity contribution in [1.82, 2.24) is 20.2 Å². The van der Waals surface area contributed by atoms with Crippen molar-refractivity contribution in [3.63, 3.8) is 0 Å². The molecule has 2 rings (SSSR count). The second-order valence-corrected chi connectivity index (χ2v) is 4.67. The maximum Gasteiger partial charge on any atom is 0.185 e. The fourth-order valence-electron chi connectivity index (χ4n) is 1.64. The number of rotatable bonds is 3. The second-order valence-electron chi connectivity index (χ2n) is 4.67. The molecule has 0 saturated heterocycles. The third-order valence-corrected chi connectivity index (χ3v) is 3.08. The van der Waals surface area contributed by atoms with E-state index in [0.717, 1.165) is 0 Å². The quantitative estimate of drug-likeness (QED) is 0.847. The van der Waals surface area contributed by atoms with E-state index < -0.39 is 5.82 Å². The van der Waals surface area contributed by atoms with Gasteiger partial charge in [0.2, 0.25) is 0 Å². The van der Waals surface area contributed by atoms with Gasteiger partial charge in [-0.3, -0.25) is 0 Å². The zero-order valence-electron chi connectivity index (χ0n) is 10.6. The molecule has 0 aliphatic heterocycles. The van der Waals surface area contributed by atoms with Crippen LogP contribution >= 0.6 is 0 Å². The minimum atomic E-state index is -0.415. The lowest BCUT2D eigenvalue weighted by atomic mass is 10.1. The SMILES string of the molecule is CC(C)C(C)n1nnnc1-c1ccc(N)cc1F. The summed E-state index contributed by atoms with van der Waals surface area (Å²) >= 11 is 0. The first-order valence-electron chi connectivity index (χ1n) is 5.84. The van der Waals surface area contributed by atoms with Gasteiger partial charge < -0.3 is 5.73 Å². The molecular formula is C12H16FN5. The highest BCUT2D eigenvalue weighted by Crippen LogP contribution is 2.26. The van der Waals surface area contributed by atoms with Crippen molar-refractivity contribution in [1.29, 1.82) is 0 Å². The lowest BCUT2D eigenvalue weighted by Gasteiger charge is -2.17. The number of nitrogens with zero attached hydrogens (tertiary/aromatic N) is 4. The molecule has 5 nitrogen and oxygen atoms in total. The first-order chi connectivity index (χ1) is 8.50. The molecule has 1 aromatic heterocycles. The summed E-state index contributed by atoms with van der Waals surface area (Å²) in [7, 11) is 0. The van der Waals surface area contributed by atoms with Crippen LogP contribution in [0.2, 0.25) is 0 Å². The minimum Gasteiger partial charge on any atom is -0.399 e. The van der Waals surface area contributed by atoms with Gasteiger partial charge in [-0.2, -0.15) is 0 Å². The highest BCUT2D eigenvalue weighted by Gasteiger charge is 2.19. The van der Waals surface area contributed by atoms with Gasteiger partial charge in [-0.15, -0.1) is 5.10 Å². The Morgan fingerprint density at radius 2 is 2.00 bits per heavy atom. The molecule has 0 aliphatic rings. The number of hydrogen-bond donors (Lipinski definition) is 1. The Morgan fingerprint density at radius 1 is 1.28 bits per heavy atom. The standard InChI is InChI=1S/C12H16FN5/c1-7(2)8(3)18-12(15-16-17-18)10-5-4-9(14)6-11(10)13/h4-8H,14H2,1-3H3. The summed E-state index contributed by atoms with van der Waals surface area (Å²) in [4.78, 5) is 0. The lowest BCUT2D eigenvalue weighted by Crippen LogP contribution is -2.14. The average Bonchev–Trinajstić information content (AvgIpc) is 2.76. The van der Waals surface area contributed by atoms with Crippen molar-refractivity contribution < 1.29 is 4.39 Å². The molecule has 0 spiro atoms. The van der Waals surface area contributed by atoms with E-state index in [2.05, 4.69) is 29.4 Å². The summed E-state index contributed by atoms with van der Waals surface area (Å²) in [6.07, 6.45) is 0. The topological polar surface area (TPSA) is 69.6 Å². The number of benzene rings is 1. The Morgan fingerprint density at radius 3 is 2.61 bits per heavy atom. The number of halogens is 1. The largest absolute Gasteiger partial charge is 0.399 e. The van der Waals surface area contributed by atoms with Crippen LogP contribution in [-0.4, -0.2) is 20.2 Å². The van der Waals surface area contributed by atoms with Crippen LogP contribution in [0.25, 0.3) is 11.4 Å². The van der Waals surface area contributed by atoms with Crippen molar-refractivity contribution in [2.75, 3.05) is 5.73 Å². The van der Waals surface area contributed by atoms with Gasteiger partial charge in [0.05, 0.1) is 11.6 Å². The van der Waals surface area contributed by atoms with E-state index in [1.807, 2.05) is 6.92 Å². The van der Waals surface area contributed by atoms with Crippen molar-refractivity contribution >= 4 is 5.69 Å². The molecule has 6 heteroatoms. The van der Waals surface area contributed by atoms with Crippen LogP contribution in [0.1, 0.15) is 26.8 Å². The van der Waals surface area contributed by atoms with E-state index in [0.29, 0.717) is 23.0 Å². The Kier molecular flexibility index (Phi) is 3.27. The third kappa shape index (κ3) is 2.18. The van der Waals surface area contributed by atoms with E-state index in [-0.39, 0.29) is 6.04 Å². The van der Waals surface area contributed by atoms with Crippen molar-refractivity contribution in [2.24, 2.45) is 5.92 Å². The summed E-state index contributed by atoms with van der Waals surface area (Å²) in [6.45, 7) is 6.13. The molecule has 0 fully saturated rings. The average molecular weight is 249 g/mol. The van der Waals surface area contributed by atoms with E-state index in [1.54, 1.807) is 16.8 Å². The third-order valence-electron chi connectivity index (χ3n) is 3.08. The Bertz CT molecular complexity index is 549. The lowest BCUT2D eigenvalue weighted by molar-refractivity contribution is 0.371. The van der Waals surface area contributed by atoms with Gasteiger partial charge >= 0.3 is 0 Å². The van der Waals surface area contributed by atoms with Gasteiger partial charge in [-0.05, 0) is 41.5 Å². The van der Waals surface area contributed by atoms with Crippen LogP contribution in [-0.2, 0) is 0 Å². The molecule has 0 bridgehead atoms. The highest BCUT2D eigenvalue weighted by molar-refractivity contribution is 5.59. The maximum atomic E-state index is 13.9. The molecule has 96 valence electrons. The molecule has 1 aromatic carbocycles. The molecule has 1 heterocycles. The molecule has 18 heavy (non-hydrogen) atoms. The Labute approximate surface area is 105 Å². The number of anilines is 1. The smallest absolute Gasteiger partial charge is 0.185 e. The van der Waals surface area contributed by atoms with Gasteiger partial charge in [0.1, 0.15) is 5.82 Å². The fraction of sp³-hybridized carbons (Fsp3) is 0.417. The molecule has 0 amide bonds. The van der Waals surface area contributed by atoms with Gasteiger partial charge in [0.15, 0.2) is 5.82 Å². The number of nitrogens with two attached hydrogens (primary N) is 1. The molecule has 0 saturated carbocycles. The maximum absolute atomic E-state index is 13.9. The van der Waals surface area contributed by atoms with Crippen LogP contribution in [0.3, 0.4) is 0 Å². The summed E-state index contributed by atoms with van der Waals surface area (Å²) in [5, 5.41) is 11.5. The molecule has 2 aromatic rings. The normalized spacial score (nSPS) is 12.9. The first-order valence-corrected chi connectivity index (χ1v) is 5.84. The predicted molar refractivity (Wildman–Crippen MR) is 67.2 cm³/mol. The molecule has 1 unspecified atom stereocenters. The Balaban J connectivity index is 2.49. The fourth-order valence-corrected chi connectivity index (χ4v) is 1.64. The molecule has 1 atom stereocenters. The monoisotopic (exact) mass is 249 g/mol. The van der Waals surface area contributed by atoms with Crippen LogP contribution < -0.4 is 5.73 Å². The highest BCUT2D eigenvalue weighted by atomic mass is 19.1. The van der Waals surface area contributed by atoms with Crippen molar-refractivity contribution in [3.8, 4) is 11.4 Å². The summed E-state index contributed by atoms with van der Waals surface area (Å²) < 4.78 is 15.5. The predicted octanol–water partition coefficient (Wildman–Crippen LogP) is 2.28. The van der Waals surface area contributed by atoms with Gasteiger partial charge in [0.25, 0.3) is 0 Å². The van der Waals surface area contributed by atoms with Crippen LogP contribution in [0.5, 0.6) is 0 Å². The second kappa shape index (κ2) is 4.72. The summed E-state index contributed by atoms with van der Waals surface area (Å²) in [5.41, 5.74) is 6.27. The number of tetrazole rings is 1. The van der Waals surface area contributed by atoms with Crippen molar-refractivity contribution in [3.05, 3.63) is 24.0 Å². The van der Waals surface area contributed by atoms with Crippen LogP contribution in [0.15, 0.2) is 18.2 Å². The first kappa shape index (κ1) is 12.5. The number of nitrogen functional groups attached to an aromatic ring is 1. The number of hydrogen-bond acceptors (Lipinski definition) is 4. The van der Waals surface area contributed by atoms with Gasteiger partial charge in [-0.25, -0.2) is 9.07 Å². The van der Waals surface area contributed by atoms with Crippen LogP contribution in [0.4, 0.5) is 10.1 Å². The van der Waals surface area contributed by atoms with Gasteiger partial charge in [0, 0.05) is 5.69 Å². The zero-order chi connectivity index (χ0) is 13.3. The van der Waals surface area contributed by atoms with E-state index in [4.69, 9.17) is 5.73 Å². The summed E-state index contributed by atoms with van der Waals surface area (Å²) in [5.74, 6) is 0.361. The molecule has 0 radical (unpaired) electrons. The molecule has 0 aliphatic carbocycles. The van der Waals surface area contributed by atoms with E-state index >= 15 is 0 Å². The van der Waals surface area contributed by atoms with Crippen LogP contribution in [0, 0.1) is 11.7 Å². The molecule has 2 N–H and O–H groups in total. The number of aromatic nitrogens is 4.